The van der Waals surface area contributed by atoms with Crippen molar-refractivity contribution in [2.45, 2.75) is 24.9 Å². The van der Waals surface area contributed by atoms with Crippen LogP contribution >= 0.6 is 12.2 Å². The maximum atomic E-state index is 13.4. The Morgan fingerprint density at radius 2 is 2.26 bits per heavy atom. The lowest BCUT2D eigenvalue weighted by atomic mass is 9.82. The molecule has 1 aromatic heterocycles. The Hall–Kier alpha value is -1.94. The molecule has 0 aromatic carbocycles. The number of alkyl halides is 3. The number of hydrogen-bond donors (Lipinski definition) is 3. The second-order valence-electron chi connectivity index (χ2n) is 4.86. The molecule has 1 aromatic rings. The molecule has 1 fully saturated rings. The van der Waals surface area contributed by atoms with Gasteiger partial charge in [0.1, 0.15) is 5.92 Å². The van der Waals surface area contributed by atoms with Crippen LogP contribution in [0.25, 0.3) is 0 Å². The van der Waals surface area contributed by atoms with Crippen LogP contribution in [-0.2, 0) is 9.53 Å². The summed E-state index contributed by atoms with van der Waals surface area (Å²) in [6.45, 7) is 1.32. The van der Waals surface area contributed by atoms with Crippen molar-refractivity contribution >= 4 is 23.3 Å². The quantitative estimate of drug-likeness (QED) is 0.555. The van der Waals surface area contributed by atoms with E-state index in [-0.39, 0.29) is 12.2 Å². The van der Waals surface area contributed by atoms with Crippen molar-refractivity contribution in [3.8, 4) is 0 Å². The zero-order chi connectivity index (χ0) is 17.3. The van der Waals surface area contributed by atoms with E-state index >= 15 is 0 Å². The highest BCUT2D eigenvalue weighted by Gasteiger charge is 2.66. The number of halogens is 3. The molecule has 0 amide bonds. The number of carbonyl (C=O) groups excluding carboxylic acids is 1. The largest absolute Gasteiger partial charge is 0.466 e. The number of nitrogens with zero attached hydrogens (tertiary/aromatic N) is 1. The van der Waals surface area contributed by atoms with E-state index in [9.17, 15) is 23.1 Å². The highest BCUT2D eigenvalue weighted by molar-refractivity contribution is 7.80. The van der Waals surface area contributed by atoms with Gasteiger partial charge in [-0.05, 0) is 30.8 Å². The minimum absolute atomic E-state index is 0.131. The van der Waals surface area contributed by atoms with E-state index in [4.69, 9.17) is 17.0 Å². The van der Waals surface area contributed by atoms with Crippen LogP contribution in [0.3, 0.4) is 0 Å². The third kappa shape index (κ3) is 3.22. The van der Waals surface area contributed by atoms with Gasteiger partial charge in [-0.2, -0.15) is 13.2 Å². The van der Waals surface area contributed by atoms with Crippen molar-refractivity contribution in [1.29, 1.82) is 0 Å². The Kier molecular flexibility index (Phi) is 4.76. The molecule has 0 bridgehead atoms. The van der Waals surface area contributed by atoms with E-state index in [2.05, 4.69) is 10.3 Å². The fourth-order valence-electron chi connectivity index (χ4n) is 2.37. The zero-order valence-corrected chi connectivity index (χ0v) is 12.7. The highest BCUT2D eigenvalue weighted by atomic mass is 32.1. The van der Waals surface area contributed by atoms with E-state index in [0.29, 0.717) is 0 Å². The lowest BCUT2D eigenvalue weighted by molar-refractivity contribution is -0.292. The molecule has 3 atom stereocenters. The predicted molar refractivity (Wildman–Crippen MR) is 77.0 cm³/mol. The summed E-state index contributed by atoms with van der Waals surface area (Å²) < 4.78 is 45.0. The van der Waals surface area contributed by atoms with Gasteiger partial charge >= 0.3 is 12.1 Å². The molecule has 1 saturated heterocycles. The monoisotopic (exact) mass is 349 g/mol. The summed E-state index contributed by atoms with van der Waals surface area (Å²) in [6, 6.07) is 1.72. The minimum Gasteiger partial charge on any atom is -0.466 e. The van der Waals surface area contributed by atoms with Crippen molar-refractivity contribution in [2.75, 3.05) is 6.61 Å². The Bertz CT molecular complexity index is 599. The van der Waals surface area contributed by atoms with Crippen LogP contribution in [0, 0.1) is 5.92 Å². The first-order chi connectivity index (χ1) is 10.7. The molecule has 2 rings (SSSR count). The molecule has 1 aliphatic heterocycles. The zero-order valence-electron chi connectivity index (χ0n) is 11.9. The first-order valence-corrected chi connectivity index (χ1v) is 7.06. The molecule has 3 N–H and O–H groups in total. The number of hydrogen-bond acceptors (Lipinski definition) is 5. The minimum atomic E-state index is -5.16. The van der Waals surface area contributed by atoms with Crippen LogP contribution < -0.4 is 10.6 Å². The van der Waals surface area contributed by atoms with Gasteiger partial charge in [0.15, 0.2) is 5.11 Å². The Morgan fingerprint density at radius 3 is 2.78 bits per heavy atom. The first-order valence-electron chi connectivity index (χ1n) is 6.65. The van der Waals surface area contributed by atoms with E-state index in [0.717, 1.165) is 0 Å². The molecule has 2 heterocycles. The summed E-state index contributed by atoms with van der Waals surface area (Å²) in [6.07, 6.45) is -2.44. The molecule has 0 spiro atoms. The van der Waals surface area contributed by atoms with Crippen LogP contribution in [0.2, 0.25) is 0 Å². The van der Waals surface area contributed by atoms with Gasteiger partial charge < -0.3 is 20.5 Å². The smallest absolute Gasteiger partial charge is 0.437 e. The van der Waals surface area contributed by atoms with Gasteiger partial charge in [0, 0.05) is 12.4 Å². The molecule has 6 nitrogen and oxygen atoms in total. The number of rotatable bonds is 3. The maximum absolute atomic E-state index is 13.4. The number of aliphatic hydroxyl groups is 1. The van der Waals surface area contributed by atoms with E-state index in [1.54, 1.807) is 5.32 Å². The molecule has 1 aliphatic rings. The van der Waals surface area contributed by atoms with Crippen molar-refractivity contribution < 1.29 is 27.8 Å². The lowest BCUT2D eigenvalue weighted by Gasteiger charge is -2.45. The number of aromatic nitrogens is 1. The Morgan fingerprint density at radius 1 is 1.57 bits per heavy atom. The molecule has 0 aliphatic carbocycles. The molecule has 0 radical (unpaired) electrons. The fourth-order valence-corrected chi connectivity index (χ4v) is 2.66. The third-order valence-corrected chi connectivity index (χ3v) is 3.61. The Balaban J connectivity index is 2.54. The first kappa shape index (κ1) is 17.4. The van der Waals surface area contributed by atoms with Crippen molar-refractivity contribution in [2.24, 2.45) is 5.92 Å². The molecular weight excluding hydrogens is 335 g/mol. The van der Waals surface area contributed by atoms with Crippen LogP contribution in [0.4, 0.5) is 13.2 Å². The molecule has 0 saturated carbocycles. The number of nitrogens with one attached hydrogen (secondary N) is 2. The third-order valence-electron chi connectivity index (χ3n) is 3.39. The van der Waals surface area contributed by atoms with Crippen molar-refractivity contribution in [3.63, 3.8) is 0 Å². The number of thiocarbonyl (C=S) groups is 1. The fraction of sp³-hybridized carbons (Fsp3) is 0.462. The summed E-state index contributed by atoms with van der Waals surface area (Å²) in [7, 11) is 0. The topological polar surface area (TPSA) is 83.5 Å². The number of ether oxygens (including phenoxy) is 1. The molecule has 3 unspecified atom stereocenters. The van der Waals surface area contributed by atoms with Gasteiger partial charge in [-0.25, -0.2) is 0 Å². The summed E-state index contributed by atoms with van der Waals surface area (Å²) >= 11 is 4.75. The van der Waals surface area contributed by atoms with Crippen molar-refractivity contribution in [3.05, 3.63) is 30.1 Å². The number of carbonyl (C=O) groups is 1. The summed E-state index contributed by atoms with van der Waals surface area (Å²) in [4.78, 5) is 15.9. The summed E-state index contributed by atoms with van der Waals surface area (Å²) in [5, 5.41) is 14.1. The second kappa shape index (κ2) is 6.28. The molecule has 10 heteroatoms. The number of pyridine rings is 1. The van der Waals surface area contributed by atoms with Gasteiger partial charge in [-0.3, -0.25) is 9.78 Å². The molecular formula is C13H14F3N3O3S. The van der Waals surface area contributed by atoms with Crippen LogP contribution in [-0.4, -0.2) is 39.7 Å². The van der Waals surface area contributed by atoms with Gasteiger partial charge in [0.05, 0.1) is 12.6 Å². The average Bonchev–Trinajstić information content (AvgIpc) is 2.46. The SMILES string of the molecule is CCOC(=O)C1C(c2cccnc2)NC(=S)NC1(O)C(F)(F)F. The predicted octanol–water partition coefficient (Wildman–Crippen LogP) is 1.03. The van der Waals surface area contributed by atoms with Gasteiger partial charge in [-0.1, -0.05) is 6.07 Å². The maximum Gasteiger partial charge on any atom is 0.437 e. The van der Waals surface area contributed by atoms with E-state index in [1.165, 1.54) is 31.5 Å². The van der Waals surface area contributed by atoms with E-state index in [1.807, 2.05) is 0 Å². The van der Waals surface area contributed by atoms with Crippen molar-refractivity contribution in [1.82, 2.24) is 15.6 Å². The number of esters is 1. The average molecular weight is 349 g/mol. The van der Waals surface area contributed by atoms with Crippen LogP contribution in [0.15, 0.2) is 24.5 Å². The summed E-state index contributed by atoms with van der Waals surface area (Å²) in [5.41, 5.74) is -3.29. The normalized spacial score (nSPS) is 27.8. The summed E-state index contributed by atoms with van der Waals surface area (Å²) in [5.74, 6) is -3.21. The molecule has 126 valence electrons. The Labute approximate surface area is 135 Å². The second-order valence-corrected chi connectivity index (χ2v) is 5.26. The highest BCUT2D eigenvalue weighted by Crippen LogP contribution is 2.42. The van der Waals surface area contributed by atoms with Crippen LogP contribution in [0.5, 0.6) is 0 Å². The van der Waals surface area contributed by atoms with Crippen LogP contribution in [0.1, 0.15) is 18.5 Å². The van der Waals surface area contributed by atoms with Gasteiger partial charge in [0.25, 0.3) is 5.72 Å². The van der Waals surface area contributed by atoms with E-state index < -0.39 is 34.9 Å². The lowest BCUT2D eigenvalue weighted by Crippen LogP contribution is -2.73. The standard InChI is InChI=1S/C13H14F3N3O3S/c1-2-22-10(20)8-9(7-4-3-5-17-6-7)18-11(23)19-12(8,21)13(14,15)16/h3-6,8-9,21H,2H2,1H3,(H2,18,19,23). The van der Waals surface area contributed by atoms with Gasteiger partial charge in [-0.15, -0.1) is 0 Å². The van der Waals surface area contributed by atoms with Gasteiger partial charge in [0.2, 0.25) is 0 Å². The molecule has 23 heavy (non-hydrogen) atoms.